The van der Waals surface area contributed by atoms with Crippen molar-refractivity contribution in [3.8, 4) is 0 Å². The van der Waals surface area contributed by atoms with Crippen LogP contribution < -0.4 is 0 Å². The zero-order chi connectivity index (χ0) is 11.8. The second kappa shape index (κ2) is 4.21. The van der Waals surface area contributed by atoms with Gasteiger partial charge in [0.25, 0.3) is 0 Å². The number of nitrogens with one attached hydrogen (secondary N) is 1. The normalized spacial score (nSPS) is 19.8. The van der Waals surface area contributed by atoms with Crippen molar-refractivity contribution < 1.29 is 0 Å². The molecule has 0 spiro atoms. The van der Waals surface area contributed by atoms with E-state index in [0.717, 1.165) is 11.8 Å². The molecule has 1 aliphatic carbocycles. The van der Waals surface area contributed by atoms with Crippen molar-refractivity contribution in [1.82, 2.24) is 4.98 Å². The van der Waals surface area contributed by atoms with Crippen molar-refractivity contribution in [1.29, 1.82) is 0 Å². The Morgan fingerprint density at radius 1 is 1.29 bits per heavy atom. The van der Waals surface area contributed by atoms with E-state index in [9.17, 15) is 0 Å². The number of H-pyrrole nitrogens is 1. The second-order valence-corrected chi connectivity index (χ2v) is 5.87. The Bertz CT molecular complexity index is 521. The molecule has 0 saturated carbocycles. The van der Waals surface area contributed by atoms with Crippen molar-refractivity contribution in [2.75, 3.05) is 0 Å². The molecule has 1 nitrogen and oxygen atoms in total. The Balaban J connectivity index is 1.92. The molecule has 3 rings (SSSR count). The summed E-state index contributed by atoms with van der Waals surface area (Å²) in [5.41, 5.74) is 4.41. The average Bonchev–Trinajstić information content (AvgIpc) is 2.65. The molecule has 17 heavy (non-hydrogen) atoms. The van der Waals surface area contributed by atoms with Crippen LogP contribution in [0.15, 0.2) is 24.3 Å². The molecule has 1 unspecified atom stereocenters. The summed E-state index contributed by atoms with van der Waals surface area (Å²) in [6.07, 6.45) is 5.25. The smallest absolute Gasteiger partial charge is 0.0458 e. The molecule has 1 heterocycles. The Labute approximate surface area is 103 Å². The molecule has 1 aliphatic rings. The van der Waals surface area contributed by atoms with Crippen LogP contribution >= 0.6 is 0 Å². The molecule has 1 aromatic heterocycles. The van der Waals surface area contributed by atoms with Gasteiger partial charge >= 0.3 is 0 Å². The topological polar surface area (TPSA) is 15.8 Å². The zero-order valence-corrected chi connectivity index (χ0v) is 10.8. The molecule has 0 aliphatic heterocycles. The number of hydrogen-bond acceptors (Lipinski definition) is 0. The van der Waals surface area contributed by atoms with Crippen LogP contribution in [-0.2, 0) is 12.8 Å². The van der Waals surface area contributed by atoms with Crippen LogP contribution in [0.1, 0.15) is 37.9 Å². The highest BCUT2D eigenvalue weighted by Gasteiger charge is 2.22. The van der Waals surface area contributed by atoms with Gasteiger partial charge in [0.2, 0.25) is 0 Å². The Kier molecular flexibility index (Phi) is 2.70. The molecule has 90 valence electrons. The van der Waals surface area contributed by atoms with Gasteiger partial charge in [0.15, 0.2) is 0 Å². The van der Waals surface area contributed by atoms with Crippen molar-refractivity contribution in [3.63, 3.8) is 0 Å². The minimum Gasteiger partial charge on any atom is -0.358 e. The van der Waals surface area contributed by atoms with Crippen LogP contribution in [0, 0.1) is 11.8 Å². The Hall–Kier alpha value is -1.24. The number of aryl methyl sites for hydroxylation is 1. The van der Waals surface area contributed by atoms with Crippen molar-refractivity contribution in [2.45, 2.75) is 39.5 Å². The van der Waals surface area contributed by atoms with Gasteiger partial charge in [0, 0.05) is 16.6 Å². The fourth-order valence-electron chi connectivity index (χ4n) is 3.32. The monoisotopic (exact) mass is 227 g/mol. The molecule has 0 amide bonds. The highest BCUT2D eigenvalue weighted by Crippen LogP contribution is 2.33. The Morgan fingerprint density at radius 2 is 2.12 bits per heavy atom. The molecule has 0 radical (unpaired) electrons. The minimum absolute atomic E-state index is 0.825. The molecular formula is C16H21N. The summed E-state index contributed by atoms with van der Waals surface area (Å²) < 4.78 is 0. The first-order valence-corrected chi connectivity index (χ1v) is 6.82. The SMILES string of the molecule is CC(C)CC1CCc2c([nH]c3ccccc23)C1. The molecule has 1 atom stereocenters. The van der Waals surface area contributed by atoms with Gasteiger partial charge in [-0.15, -0.1) is 0 Å². The number of aromatic amines is 1. The summed E-state index contributed by atoms with van der Waals surface area (Å²) in [7, 11) is 0. The first-order chi connectivity index (χ1) is 8.24. The molecule has 1 heteroatoms. The van der Waals surface area contributed by atoms with Gasteiger partial charge < -0.3 is 4.98 Å². The van der Waals surface area contributed by atoms with E-state index in [1.807, 2.05) is 0 Å². The lowest BCUT2D eigenvalue weighted by Crippen LogP contribution is -2.15. The van der Waals surface area contributed by atoms with Crippen LogP contribution in [0.25, 0.3) is 10.9 Å². The summed E-state index contributed by atoms with van der Waals surface area (Å²) in [6, 6.07) is 8.73. The van der Waals surface area contributed by atoms with Gasteiger partial charge in [-0.05, 0) is 49.1 Å². The molecule has 1 N–H and O–H groups in total. The molecule has 1 aromatic carbocycles. The standard InChI is InChI=1S/C16H21N/c1-11(2)9-12-7-8-14-13-5-3-4-6-15(13)17-16(14)10-12/h3-6,11-12,17H,7-10H2,1-2H3. The number of fused-ring (bicyclic) bond motifs is 3. The van der Waals surface area contributed by atoms with Crippen LogP contribution in [0.5, 0.6) is 0 Å². The third-order valence-corrected chi connectivity index (χ3v) is 4.00. The number of rotatable bonds is 2. The van der Waals surface area contributed by atoms with Gasteiger partial charge in [0.1, 0.15) is 0 Å². The maximum atomic E-state index is 3.62. The first-order valence-electron chi connectivity index (χ1n) is 6.82. The maximum absolute atomic E-state index is 3.62. The number of aromatic nitrogens is 1. The van der Waals surface area contributed by atoms with Crippen LogP contribution in [0.2, 0.25) is 0 Å². The van der Waals surface area contributed by atoms with E-state index in [0.29, 0.717) is 0 Å². The van der Waals surface area contributed by atoms with E-state index in [1.165, 1.54) is 42.3 Å². The molecule has 0 fully saturated rings. The van der Waals surface area contributed by atoms with E-state index in [1.54, 1.807) is 5.56 Å². The van der Waals surface area contributed by atoms with Crippen molar-refractivity contribution >= 4 is 10.9 Å². The summed E-state index contributed by atoms with van der Waals surface area (Å²) in [5, 5.41) is 1.45. The third kappa shape index (κ3) is 1.99. The lowest BCUT2D eigenvalue weighted by molar-refractivity contribution is 0.368. The fourth-order valence-corrected chi connectivity index (χ4v) is 3.32. The van der Waals surface area contributed by atoms with E-state index in [-0.39, 0.29) is 0 Å². The Morgan fingerprint density at radius 3 is 2.94 bits per heavy atom. The zero-order valence-electron chi connectivity index (χ0n) is 10.8. The first kappa shape index (κ1) is 10.9. The van der Waals surface area contributed by atoms with Crippen LogP contribution in [-0.4, -0.2) is 4.98 Å². The summed E-state index contributed by atoms with van der Waals surface area (Å²) in [6.45, 7) is 4.67. The average molecular weight is 227 g/mol. The highest BCUT2D eigenvalue weighted by molar-refractivity contribution is 5.84. The number of hydrogen-bond donors (Lipinski definition) is 1. The van der Waals surface area contributed by atoms with Gasteiger partial charge in [-0.25, -0.2) is 0 Å². The van der Waals surface area contributed by atoms with E-state index in [4.69, 9.17) is 0 Å². The van der Waals surface area contributed by atoms with Crippen molar-refractivity contribution in [3.05, 3.63) is 35.5 Å². The highest BCUT2D eigenvalue weighted by atomic mass is 14.7. The lowest BCUT2D eigenvalue weighted by atomic mass is 9.82. The molecule has 0 saturated heterocycles. The number of benzene rings is 1. The molecular weight excluding hydrogens is 206 g/mol. The van der Waals surface area contributed by atoms with E-state index < -0.39 is 0 Å². The second-order valence-electron chi connectivity index (χ2n) is 5.87. The quantitative estimate of drug-likeness (QED) is 0.786. The number of para-hydroxylation sites is 1. The third-order valence-electron chi connectivity index (χ3n) is 4.00. The van der Waals surface area contributed by atoms with Gasteiger partial charge in [0.05, 0.1) is 0 Å². The molecule has 0 bridgehead atoms. The van der Waals surface area contributed by atoms with Crippen LogP contribution in [0.3, 0.4) is 0 Å². The van der Waals surface area contributed by atoms with Gasteiger partial charge in [-0.3, -0.25) is 0 Å². The molecule has 2 aromatic rings. The summed E-state index contributed by atoms with van der Waals surface area (Å²) in [5.74, 6) is 1.71. The van der Waals surface area contributed by atoms with Gasteiger partial charge in [-0.2, -0.15) is 0 Å². The summed E-state index contributed by atoms with van der Waals surface area (Å²) >= 11 is 0. The minimum atomic E-state index is 0.825. The summed E-state index contributed by atoms with van der Waals surface area (Å²) in [4.78, 5) is 3.62. The maximum Gasteiger partial charge on any atom is 0.0458 e. The predicted octanol–water partition coefficient (Wildman–Crippen LogP) is 4.32. The van der Waals surface area contributed by atoms with E-state index in [2.05, 4.69) is 43.1 Å². The fraction of sp³-hybridized carbons (Fsp3) is 0.500. The van der Waals surface area contributed by atoms with Crippen molar-refractivity contribution in [2.24, 2.45) is 11.8 Å². The largest absolute Gasteiger partial charge is 0.358 e. The van der Waals surface area contributed by atoms with E-state index >= 15 is 0 Å². The lowest BCUT2D eigenvalue weighted by Gasteiger charge is -2.23. The van der Waals surface area contributed by atoms with Gasteiger partial charge in [-0.1, -0.05) is 32.0 Å². The predicted molar refractivity (Wildman–Crippen MR) is 73.3 cm³/mol. The van der Waals surface area contributed by atoms with Crippen LogP contribution in [0.4, 0.5) is 0 Å².